The van der Waals surface area contributed by atoms with Crippen LogP contribution < -0.4 is 20.4 Å². The third-order valence-electron chi connectivity index (χ3n) is 5.88. The summed E-state index contributed by atoms with van der Waals surface area (Å²) in [4.78, 5) is 28.0. The fourth-order valence-corrected chi connectivity index (χ4v) is 4.10. The summed E-state index contributed by atoms with van der Waals surface area (Å²) in [5, 5.41) is 6.69. The Hall–Kier alpha value is -4.76. The Kier molecular flexibility index (Phi) is 10.0. The second kappa shape index (κ2) is 14.0. The fraction of sp³-hybridized carbons (Fsp3) is 0.0938. The van der Waals surface area contributed by atoms with Gasteiger partial charge >= 0.3 is 0 Å². The smallest absolute Gasteiger partial charge is 0.287 e. The molecule has 41 heavy (non-hydrogen) atoms. The molecule has 0 unspecified atom stereocenters. The summed E-state index contributed by atoms with van der Waals surface area (Å²) in [7, 11) is 3.84. The molecule has 0 heterocycles. The molecule has 0 aromatic heterocycles. The van der Waals surface area contributed by atoms with E-state index in [0.717, 1.165) is 21.8 Å². The quantitative estimate of drug-likeness (QED) is 0.127. The lowest BCUT2D eigenvalue weighted by Gasteiger charge is -2.13. The van der Waals surface area contributed by atoms with Crippen LogP contribution in [0.2, 0.25) is 0 Å². The van der Waals surface area contributed by atoms with Gasteiger partial charge < -0.3 is 15.0 Å². The van der Waals surface area contributed by atoms with Gasteiger partial charge in [0.2, 0.25) is 0 Å². The van der Waals surface area contributed by atoms with Gasteiger partial charge in [0.05, 0.1) is 6.21 Å². The van der Waals surface area contributed by atoms with Gasteiger partial charge in [-0.05, 0) is 65.7 Å². The molecule has 0 fully saturated rings. The molecule has 0 saturated heterocycles. The molecular formula is C32H28BrFN4O3. The van der Waals surface area contributed by atoms with Crippen LogP contribution in [0.1, 0.15) is 27.0 Å². The zero-order valence-electron chi connectivity index (χ0n) is 22.5. The minimum absolute atomic E-state index is 0.0659. The van der Waals surface area contributed by atoms with Crippen molar-refractivity contribution in [2.24, 2.45) is 5.10 Å². The van der Waals surface area contributed by atoms with Gasteiger partial charge in [-0.3, -0.25) is 9.59 Å². The summed E-state index contributed by atoms with van der Waals surface area (Å²) in [5.41, 5.74) is 5.76. The molecule has 2 N–H and O–H groups in total. The van der Waals surface area contributed by atoms with Crippen LogP contribution in [0.3, 0.4) is 0 Å². The van der Waals surface area contributed by atoms with Crippen LogP contribution in [0.5, 0.6) is 5.75 Å². The number of nitrogens with one attached hydrogen (secondary N) is 2. The molecule has 0 aliphatic carbocycles. The summed E-state index contributed by atoms with van der Waals surface area (Å²) in [5.74, 6) is -1.28. The van der Waals surface area contributed by atoms with E-state index in [-0.39, 0.29) is 11.3 Å². The highest BCUT2D eigenvalue weighted by Gasteiger charge is 2.15. The summed E-state index contributed by atoms with van der Waals surface area (Å²) >= 11 is 3.45. The average Bonchev–Trinajstić information content (AvgIpc) is 2.97. The molecule has 0 spiro atoms. The molecule has 9 heteroatoms. The van der Waals surface area contributed by atoms with E-state index in [9.17, 15) is 14.0 Å². The minimum atomic E-state index is -0.663. The SMILES string of the molecule is CN(C)c1ccc(C=C(NC(=O)c2cccc(F)c2)C(=O)NN=Cc2cc(Br)ccc2OCc2ccccc2)cc1. The highest BCUT2D eigenvalue weighted by atomic mass is 79.9. The number of nitrogens with zero attached hydrogens (tertiary/aromatic N) is 2. The number of halogens is 2. The van der Waals surface area contributed by atoms with Crippen molar-refractivity contribution in [2.75, 3.05) is 19.0 Å². The van der Waals surface area contributed by atoms with Crippen molar-refractivity contribution in [1.29, 1.82) is 0 Å². The van der Waals surface area contributed by atoms with Gasteiger partial charge in [0.15, 0.2) is 0 Å². The van der Waals surface area contributed by atoms with E-state index in [2.05, 4.69) is 31.8 Å². The number of ether oxygens (including phenoxy) is 1. The Morgan fingerprint density at radius 3 is 2.41 bits per heavy atom. The standard InChI is InChI=1S/C32H28BrFN4O3/c1-38(2)28-14-11-22(12-15-28)17-29(36-31(39)24-9-6-10-27(34)19-24)32(40)37-35-20-25-18-26(33)13-16-30(25)41-21-23-7-4-3-5-8-23/h3-20H,21H2,1-2H3,(H,36,39)(H,37,40). The van der Waals surface area contributed by atoms with Gasteiger partial charge in [0.1, 0.15) is 23.9 Å². The first kappa shape index (κ1) is 29.2. The maximum absolute atomic E-state index is 13.7. The molecule has 0 bridgehead atoms. The highest BCUT2D eigenvalue weighted by Crippen LogP contribution is 2.23. The van der Waals surface area contributed by atoms with E-state index in [1.165, 1.54) is 30.5 Å². The zero-order chi connectivity index (χ0) is 29.2. The molecular weight excluding hydrogens is 587 g/mol. The second-order valence-corrected chi connectivity index (χ2v) is 10.1. The van der Waals surface area contributed by atoms with Crippen LogP contribution in [0.15, 0.2) is 112 Å². The van der Waals surface area contributed by atoms with Crippen molar-refractivity contribution in [3.8, 4) is 5.75 Å². The monoisotopic (exact) mass is 614 g/mol. The van der Waals surface area contributed by atoms with Crippen LogP contribution in [-0.2, 0) is 11.4 Å². The molecule has 0 aliphatic rings. The predicted molar refractivity (Wildman–Crippen MR) is 163 cm³/mol. The van der Waals surface area contributed by atoms with Crippen molar-refractivity contribution in [3.63, 3.8) is 0 Å². The van der Waals surface area contributed by atoms with Crippen LogP contribution in [-0.4, -0.2) is 32.1 Å². The van der Waals surface area contributed by atoms with Crippen LogP contribution >= 0.6 is 15.9 Å². The third kappa shape index (κ3) is 8.61. The van der Waals surface area contributed by atoms with E-state index < -0.39 is 17.6 Å². The number of carbonyl (C=O) groups excluding carboxylic acids is 2. The van der Waals surface area contributed by atoms with Crippen LogP contribution in [0.25, 0.3) is 6.08 Å². The Labute approximate surface area is 246 Å². The maximum Gasteiger partial charge on any atom is 0.287 e. The first-order valence-electron chi connectivity index (χ1n) is 12.6. The molecule has 0 atom stereocenters. The molecule has 0 saturated carbocycles. The van der Waals surface area contributed by atoms with Crippen molar-refractivity contribution < 1.29 is 18.7 Å². The van der Waals surface area contributed by atoms with E-state index in [0.29, 0.717) is 23.5 Å². The summed E-state index contributed by atoms with van der Waals surface area (Å²) in [6.45, 7) is 0.362. The number of rotatable bonds is 10. The first-order chi connectivity index (χ1) is 19.8. The van der Waals surface area contributed by atoms with Gasteiger partial charge in [0.25, 0.3) is 11.8 Å². The molecule has 4 aromatic rings. The number of hydrogen-bond acceptors (Lipinski definition) is 5. The minimum Gasteiger partial charge on any atom is -0.488 e. The lowest BCUT2D eigenvalue weighted by molar-refractivity contribution is -0.117. The van der Waals surface area contributed by atoms with E-state index in [1.54, 1.807) is 6.07 Å². The largest absolute Gasteiger partial charge is 0.488 e. The van der Waals surface area contributed by atoms with Crippen molar-refractivity contribution >= 4 is 45.7 Å². The van der Waals surface area contributed by atoms with Gasteiger partial charge in [-0.15, -0.1) is 0 Å². The van der Waals surface area contributed by atoms with Gasteiger partial charge in [-0.25, -0.2) is 9.82 Å². The molecule has 4 aromatic carbocycles. The van der Waals surface area contributed by atoms with Crippen molar-refractivity contribution in [1.82, 2.24) is 10.7 Å². The van der Waals surface area contributed by atoms with Crippen LogP contribution in [0.4, 0.5) is 10.1 Å². The molecule has 4 rings (SSSR count). The third-order valence-corrected chi connectivity index (χ3v) is 6.37. The number of hydrazone groups is 1. The number of anilines is 1. The van der Waals surface area contributed by atoms with E-state index in [4.69, 9.17) is 4.74 Å². The summed E-state index contributed by atoms with van der Waals surface area (Å²) < 4.78 is 20.5. The van der Waals surface area contributed by atoms with E-state index >= 15 is 0 Å². The maximum atomic E-state index is 13.7. The molecule has 7 nitrogen and oxygen atoms in total. The lowest BCUT2D eigenvalue weighted by atomic mass is 10.1. The number of carbonyl (C=O) groups is 2. The first-order valence-corrected chi connectivity index (χ1v) is 13.4. The van der Waals surface area contributed by atoms with E-state index in [1.807, 2.05) is 85.7 Å². The average molecular weight is 616 g/mol. The normalized spacial score (nSPS) is 11.3. The Bertz CT molecular complexity index is 1570. The lowest BCUT2D eigenvalue weighted by Crippen LogP contribution is -2.32. The molecule has 2 amide bonds. The van der Waals surface area contributed by atoms with Gasteiger partial charge in [0, 0.05) is 35.4 Å². The number of amides is 2. The van der Waals surface area contributed by atoms with Gasteiger partial charge in [-0.2, -0.15) is 5.10 Å². The summed E-state index contributed by atoms with van der Waals surface area (Å²) in [6.07, 6.45) is 2.98. The zero-order valence-corrected chi connectivity index (χ0v) is 24.1. The fourth-order valence-electron chi connectivity index (χ4n) is 3.73. The van der Waals surface area contributed by atoms with Crippen molar-refractivity contribution in [2.45, 2.75) is 6.61 Å². The molecule has 0 radical (unpaired) electrons. The predicted octanol–water partition coefficient (Wildman–Crippen LogP) is 6.15. The molecule has 208 valence electrons. The number of benzene rings is 4. The Morgan fingerprint density at radius 2 is 1.71 bits per heavy atom. The Morgan fingerprint density at radius 1 is 0.951 bits per heavy atom. The van der Waals surface area contributed by atoms with Gasteiger partial charge in [-0.1, -0.05) is 64.5 Å². The molecule has 0 aliphatic heterocycles. The Balaban J connectivity index is 1.53. The highest BCUT2D eigenvalue weighted by molar-refractivity contribution is 9.10. The number of hydrogen-bond donors (Lipinski definition) is 2. The van der Waals surface area contributed by atoms with Crippen LogP contribution in [0, 0.1) is 5.82 Å². The topological polar surface area (TPSA) is 83.0 Å². The summed E-state index contributed by atoms with van der Waals surface area (Å²) in [6, 6.07) is 27.8. The van der Waals surface area contributed by atoms with Crippen molar-refractivity contribution in [3.05, 3.63) is 135 Å². The second-order valence-electron chi connectivity index (χ2n) is 9.16.